The number of carbonyl (C=O) groups is 1. The van der Waals surface area contributed by atoms with Crippen molar-refractivity contribution in [3.8, 4) is 5.75 Å². The molecule has 2 aromatic rings. The van der Waals surface area contributed by atoms with E-state index in [0.29, 0.717) is 5.75 Å². The summed E-state index contributed by atoms with van der Waals surface area (Å²) in [5.41, 5.74) is -0.105. The lowest BCUT2D eigenvalue weighted by atomic mass is 10.2. The second-order valence-electron chi connectivity index (χ2n) is 6.67. The lowest BCUT2D eigenvalue weighted by Gasteiger charge is -2.23. The van der Waals surface area contributed by atoms with Crippen LogP contribution in [0.2, 0.25) is 0 Å². The van der Waals surface area contributed by atoms with Crippen molar-refractivity contribution in [1.82, 2.24) is 0 Å². The second-order valence-corrected chi connectivity index (χ2v) is 8.54. The van der Waals surface area contributed by atoms with Gasteiger partial charge in [0.1, 0.15) is 12.3 Å². The summed E-state index contributed by atoms with van der Waals surface area (Å²) >= 11 is 0. The van der Waals surface area contributed by atoms with Gasteiger partial charge in [-0.05, 0) is 62.1 Å². The molecule has 0 aliphatic heterocycles. The number of ether oxygens (including phenoxy) is 1. The quantitative estimate of drug-likeness (QED) is 0.513. The summed E-state index contributed by atoms with van der Waals surface area (Å²) in [5, 5.41) is 20.0. The van der Waals surface area contributed by atoms with Crippen LogP contribution in [0.3, 0.4) is 0 Å². The van der Waals surface area contributed by atoms with Crippen molar-refractivity contribution in [2.75, 3.05) is 10.8 Å². The molecule has 1 saturated carbocycles. The molecule has 154 valence electrons. The Balaban J connectivity index is 1.88. The van der Waals surface area contributed by atoms with Crippen LogP contribution in [-0.4, -0.2) is 37.1 Å². The Bertz CT molecular complexity index is 982. The van der Waals surface area contributed by atoms with Gasteiger partial charge in [0.15, 0.2) is 0 Å². The van der Waals surface area contributed by atoms with Crippen LogP contribution in [0.15, 0.2) is 53.4 Å². The topological polar surface area (TPSA) is 127 Å². The fourth-order valence-electron chi connectivity index (χ4n) is 3.19. The number of rotatable bonds is 8. The molecule has 0 saturated heterocycles. The summed E-state index contributed by atoms with van der Waals surface area (Å²) < 4.78 is 32.5. The number of hydrogen-bond donors (Lipinski definition) is 1. The number of benzene rings is 2. The molecule has 1 N–H and O–H groups in total. The Morgan fingerprint density at radius 2 is 1.69 bits per heavy atom. The molecule has 10 heteroatoms. The average molecular weight is 420 g/mol. The average Bonchev–Trinajstić information content (AvgIpc) is 3.20. The zero-order valence-electron chi connectivity index (χ0n) is 15.4. The van der Waals surface area contributed by atoms with E-state index in [9.17, 15) is 28.4 Å². The Labute approximate surface area is 167 Å². The molecule has 1 aliphatic carbocycles. The maximum Gasteiger partial charge on any atom is 0.324 e. The highest BCUT2D eigenvalue weighted by atomic mass is 32.2. The van der Waals surface area contributed by atoms with E-state index >= 15 is 0 Å². The van der Waals surface area contributed by atoms with Crippen LogP contribution in [0.5, 0.6) is 5.75 Å². The fourth-order valence-corrected chi connectivity index (χ4v) is 4.61. The molecule has 29 heavy (non-hydrogen) atoms. The third-order valence-electron chi connectivity index (χ3n) is 4.64. The minimum atomic E-state index is -4.24. The third kappa shape index (κ3) is 4.83. The highest BCUT2D eigenvalue weighted by molar-refractivity contribution is 7.92. The lowest BCUT2D eigenvalue weighted by Crippen LogP contribution is -2.35. The summed E-state index contributed by atoms with van der Waals surface area (Å²) in [6, 6.07) is 10.5. The standard InChI is InChI=1S/C19H20N2O7S/c22-19(23)13-20(29(26,27)18-11-7-15(8-12-18)21(24)25)14-5-9-17(10-6-14)28-16-3-1-2-4-16/h5-12,16H,1-4,13H2,(H,22,23). The van der Waals surface area contributed by atoms with Gasteiger partial charge in [-0.25, -0.2) is 8.42 Å². The second kappa shape index (κ2) is 8.48. The van der Waals surface area contributed by atoms with E-state index in [1.807, 2.05) is 0 Å². The van der Waals surface area contributed by atoms with Crippen LogP contribution in [-0.2, 0) is 14.8 Å². The maximum absolute atomic E-state index is 13.0. The number of sulfonamides is 1. The number of non-ortho nitro benzene ring substituents is 1. The molecule has 1 fully saturated rings. The number of carboxylic acid groups (broad SMARTS) is 1. The number of nitrogens with zero attached hydrogens (tertiary/aromatic N) is 2. The van der Waals surface area contributed by atoms with Crippen molar-refractivity contribution in [3.63, 3.8) is 0 Å². The number of nitro benzene ring substituents is 1. The zero-order chi connectivity index (χ0) is 21.0. The fraction of sp³-hybridized carbons (Fsp3) is 0.316. The monoisotopic (exact) mass is 420 g/mol. The molecule has 0 bridgehead atoms. The van der Waals surface area contributed by atoms with Crippen molar-refractivity contribution in [1.29, 1.82) is 0 Å². The molecule has 0 amide bonds. The van der Waals surface area contributed by atoms with Gasteiger partial charge < -0.3 is 9.84 Å². The molecule has 0 unspecified atom stereocenters. The molecule has 9 nitrogen and oxygen atoms in total. The largest absolute Gasteiger partial charge is 0.490 e. The van der Waals surface area contributed by atoms with Gasteiger partial charge in [-0.15, -0.1) is 0 Å². The number of carboxylic acids is 1. The van der Waals surface area contributed by atoms with E-state index in [2.05, 4.69) is 0 Å². The zero-order valence-corrected chi connectivity index (χ0v) is 16.2. The van der Waals surface area contributed by atoms with Crippen LogP contribution >= 0.6 is 0 Å². The van der Waals surface area contributed by atoms with Crippen LogP contribution in [0.1, 0.15) is 25.7 Å². The first-order valence-corrected chi connectivity index (χ1v) is 10.5. The van der Waals surface area contributed by atoms with Gasteiger partial charge in [0, 0.05) is 12.1 Å². The van der Waals surface area contributed by atoms with Crippen molar-refractivity contribution in [2.45, 2.75) is 36.7 Å². The Kier molecular flexibility index (Phi) is 6.02. The first-order valence-electron chi connectivity index (χ1n) is 9.03. The SMILES string of the molecule is O=C(O)CN(c1ccc(OC2CCCC2)cc1)S(=O)(=O)c1ccc([N+](=O)[O-])cc1. The van der Waals surface area contributed by atoms with E-state index in [1.165, 1.54) is 12.1 Å². The molecule has 0 radical (unpaired) electrons. The van der Waals surface area contributed by atoms with Gasteiger partial charge in [-0.3, -0.25) is 19.2 Å². The van der Waals surface area contributed by atoms with Crippen LogP contribution < -0.4 is 9.04 Å². The van der Waals surface area contributed by atoms with E-state index < -0.39 is 27.5 Å². The van der Waals surface area contributed by atoms with E-state index in [-0.39, 0.29) is 22.4 Å². The summed E-state index contributed by atoms with van der Waals surface area (Å²) in [7, 11) is -4.24. The van der Waals surface area contributed by atoms with E-state index in [4.69, 9.17) is 4.74 Å². The highest BCUT2D eigenvalue weighted by Crippen LogP contribution is 2.29. The van der Waals surface area contributed by atoms with Gasteiger partial charge in [0.2, 0.25) is 0 Å². The molecular weight excluding hydrogens is 400 g/mol. The molecule has 0 aromatic heterocycles. The first kappa shape index (κ1) is 20.6. The molecular formula is C19H20N2O7S. The Morgan fingerprint density at radius 1 is 1.10 bits per heavy atom. The molecule has 1 aliphatic rings. The Hall–Kier alpha value is -3.14. The molecule has 0 heterocycles. The van der Waals surface area contributed by atoms with E-state index in [1.54, 1.807) is 12.1 Å². The molecule has 2 aromatic carbocycles. The predicted molar refractivity (Wildman–Crippen MR) is 105 cm³/mol. The van der Waals surface area contributed by atoms with Crippen molar-refractivity contribution in [2.24, 2.45) is 0 Å². The van der Waals surface area contributed by atoms with Crippen molar-refractivity contribution in [3.05, 3.63) is 58.6 Å². The van der Waals surface area contributed by atoms with Gasteiger partial charge in [-0.1, -0.05) is 0 Å². The number of aliphatic carboxylic acids is 1. The summed E-state index contributed by atoms with van der Waals surface area (Å²) in [6.07, 6.45) is 4.31. The van der Waals surface area contributed by atoms with Gasteiger partial charge in [-0.2, -0.15) is 0 Å². The Morgan fingerprint density at radius 3 is 2.21 bits per heavy atom. The van der Waals surface area contributed by atoms with Crippen molar-refractivity contribution < 1.29 is 28.0 Å². The number of nitro groups is 1. The first-order chi connectivity index (χ1) is 13.8. The molecule has 0 spiro atoms. The normalized spacial score (nSPS) is 14.5. The van der Waals surface area contributed by atoms with Crippen molar-refractivity contribution >= 4 is 27.4 Å². The van der Waals surface area contributed by atoms with Gasteiger partial charge >= 0.3 is 5.97 Å². The molecule has 0 atom stereocenters. The smallest absolute Gasteiger partial charge is 0.324 e. The van der Waals surface area contributed by atoms with Crippen LogP contribution in [0, 0.1) is 10.1 Å². The minimum absolute atomic E-state index is 0.139. The maximum atomic E-state index is 13.0. The summed E-state index contributed by atoms with van der Waals surface area (Å²) in [6.45, 7) is -0.790. The minimum Gasteiger partial charge on any atom is -0.490 e. The number of anilines is 1. The summed E-state index contributed by atoms with van der Waals surface area (Å²) in [5.74, 6) is -0.745. The molecule has 3 rings (SSSR count). The van der Waals surface area contributed by atoms with Crippen LogP contribution in [0.25, 0.3) is 0 Å². The van der Waals surface area contributed by atoms with E-state index in [0.717, 1.165) is 54.3 Å². The highest BCUT2D eigenvalue weighted by Gasteiger charge is 2.28. The predicted octanol–water partition coefficient (Wildman–Crippen LogP) is 3.20. The van der Waals surface area contributed by atoms with Crippen LogP contribution in [0.4, 0.5) is 11.4 Å². The van der Waals surface area contributed by atoms with Gasteiger partial charge in [0.05, 0.1) is 21.6 Å². The number of hydrogen-bond acceptors (Lipinski definition) is 6. The summed E-state index contributed by atoms with van der Waals surface area (Å²) in [4.78, 5) is 21.2. The third-order valence-corrected chi connectivity index (χ3v) is 6.43. The van der Waals surface area contributed by atoms with Gasteiger partial charge in [0.25, 0.3) is 15.7 Å². The lowest BCUT2D eigenvalue weighted by molar-refractivity contribution is -0.384.